The number of benzene rings is 2. The van der Waals surface area contributed by atoms with E-state index in [0.29, 0.717) is 16.5 Å². The molecule has 0 unspecified atom stereocenters. The van der Waals surface area contributed by atoms with Crippen LogP contribution >= 0.6 is 23.4 Å². The molecule has 1 N–H and O–H groups in total. The highest BCUT2D eigenvalue weighted by Gasteiger charge is 2.04. The van der Waals surface area contributed by atoms with Crippen molar-refractivity contribution in [3.8, 4) is 0 Å². The second kappa shape index (κ2) is 6.64. The van der Waals surface area contributed by atoms with Gasteiger partial charge in [0.15, 0.2) is 0 Å². The predicted molar refractivity (Wildman–Crippen MR) is 80.8 cm³/mol. The number of amides is 1. The molecule has 0 aliphatic heterocycles. The fourth-order valence-electron chi connectivity index (χ4n) is 1.59. The Hall–Kier alpha value is -1.45. The van der Waals surface area contributed by atoms with Crippen LogP contribution in [0.4, 0.5) is 0 Å². The van der Waals surface area contributed by atoms with E-state index >= 15 is 0 Å². The molecule has 19 heavy (non-hydrogen) atoms. The molecule has 0 saturated heterocycles. The highest BCUT2D eigenvalue weighted by Crippen LogP contribution is 2.17. The summed E-state index contributed by atoms with van der Waals surface area (Å²) in [6.07, 6.45) is 0. The third-order valence-corrected chi connectivity index (χ3v) is 3.70. The van der Waals surface area contributed by atoms with Gasteiger partial charge < -0.3 is 5.32 Å². The standard InChI is InChI=1S/C15H14ClNOS/c1-11-3-2-4-14(9-11)19-10-17-15(18)12-5-7-13(16)8-6-12/h2-9H,10H2,1H3,(H,17,18). The lowest BCUT2D eigenvalue weighted by atomic mass is 10.2. The lowest BCUT2D eigenvalue weighted by Gasteiger charge is -2.06. The van der Waals surface area contributed by atoms with Crippen LogP contribution in [0, 0.1) is 6.92 Å². The molecule has 0 spiro atoms. The molecule has 0 bridgehead atoms. The minimum Gasteiger partial charge on any atom is -0.343 e. The topological polar surface area (TPSA) is 29.1 Å². The lowest BCUT2D eigenvalue weighted by Crippen LogP contribution is -2.22. The predicted octanol–water partition coefficient (Wildman–Crippen LogP) is 4.13. The largest absolute Gasteiger partial charge is 0.343 e. The summed E-state index contributed by atoms with van der Waals surface area (Å²) in [6.45, 7) is 2.05. The number of thioether (sulfide) groups is 1. The molecule has 2 aromatic rings. The first-order valence-electron chi connectivity index (χ1n) is 5.88. The van der Waals surface area contributed by atoms with Crippen molar-refractivity contribution in [3.05, 3.63) is 64.7 Å². The number of carbonyl (C=O) groups excluding carboxylic acids is 1. The molecule has 2 aromatic carbocycles. The average Bonchev–Trinajstić information content (AvgIpc) is 2.39. The maximum atomic E-state index is 11.8. The van der Waals surface area contributed by atoms with Gasteiger partial charge in [-0.1, -0.05) is 29.3 Å². The van der Waals surface area contributed by atoms with Gasteiger partial charge in [0.05, 0.1) is 5.88 Å². The number of aryl methyl sites for hydroxylation is 1. The third-order valence-electron chi connectivity index (χ3n) is 2.57. The van der Waals surface area contributed by atoms with Gasteiger partial charge in [-0.15, -0.1) is 11.8 Å². The number of carbonyl (C=O) groups is 1. The van der Waals surface area contributed by atoms with Crippen LogP contribution < -0.4 is 5.32 Å². The van der Waals surface area contributed by atoms with E-state index in [1.807, 2.05) is 12.1 Å². The van der Waals surface area contributed by atoms with Gasteiger partial charge in [0.25, 0.3) is 5.91 Å². The number of hydrogen-bond acceptors (Lipinski definition) is 2. The van der Waals surface area contributed by atoms with Crippen molar-refractivity contribution >= 4 is 29.3 Å². The SMILES string of the molecule is Cc1cccc(SCNC(=O)c2ccc(Cl)cc2)c1. The van der Waals surface area contributed by atoms with Crippen molar-refractivity contribution in [2.75, 3.05) is 5.88 Å². The van der Waals surface area contributed by atoms with Crippen molar-refractivity contribution < 1.29 is 4.79 Å². The molecule has 0 aliphatic rings. The van der Waals surface area contributed by atoms with Gasteiger partial charge in [0, 0.05) is 15.5 Å². The summed E-state index contributed by atoms with van der Waals surface area (Å²) >= 11 is 7.38. The number of rotatable bonds is 4. The minimum atomic E-state index is -0.0863. The Morgan fingerprint density at radius 3 is 2.63 bits per heavy atom. The van der Waals surface area contributed by atoms with Crippen molar-refractivity contribution in [2.24, 2.45) is 0 Å². The van der Waals surface area contributed by atoms with E-state index in [4.69, 9.17) is 11.6 Å². The van der Waals surface area contributed by atoms with Gasteiger partial charge in [-0.05, 0) is 43.3 Å². The van der Waals surface area contributed by atoms with Crippen molar-refractivity contribution in [1.29, 1.82) is 0 Å². The zero-order valence-electron chi connectivity index (χ0n) is 10.5. The molecule has 0 heterocycles. The molecule has 0 atom stereocenters. The summed E-state index contributed by atoms with van der Waals surface area (Å²) in [6, 6.07) is 15.1. The highest BCUT2D eigenvalue weighted by molar-refractivity contribution is 7.99. The summed E-state index contributed by atoms with van der Waals surface area (Å²) in [7, 11) is 0. The lowest BCUT2D eigenvalue weighted by molar-refractivity contribution is 0.0961. The zero-order valence-corrected chi connectivity index (χ0v) is 12.1. The Kier molecular flexibility index (Phi) is 4.88. The monoisotopic (exact) mass is 291 g/mol. The molecule has 0 fully saturated rings. The van der Waals surface area contributed by atoms with Gasteiger partial charge in [-0.2, -0.15) is 0 Å². The van der Waals surface area contributed by atoms with Gasteiger partial charge in [-0.25, -0.2) is 0 Å². The first-order valence-corrected chi connectivity index (χ1v) is 7.25. The van der Waals surface area contributed by atoms with Crippen molar-refractivity contribution in [2.45, 2.75) is 11.8 Å². The molecule has 98 valence electrons. The van der Waals surface area contributed by atoms with Crippen LogP contribution in [0.1, 0.15) is 15.9 Å². The summed E-state index contributed by atoms with van der Waals surface area (Å²) in [5.41, 5.74) is 1.84. The minimum absolute atomic E-state index is 0.0863. The third kappa shape index (κ3) is 4.30. The summed E-state index contributed by atoms with van der Waals surface area (Å²) in [4.78, 5) is 13.0. The van der Waals surface area contributed by atoms with E-state index in [2.05, 4.69) is 24.4 Å². The van der Waals surface area contributed by atoms with E-state index < -0.39 is 0 Å². The fraction of sp³-hybridized carbons (Fsp3) is 0.133. The molecular formula is C15H14ClNOS. The Labute approximate surface area is 122 Å². The first kappa shape index (κ1) is 14.0. The maximum absolute atomic E-state index is 11.8. The first-order chi connectivity index (χ1) is 9.15. The molecule has 0 radical (unpaired) electrons. The number of nitrogens with one attached hydrogen (secondary N) is 1. The smallest absolute Gasteiger partial charge is 0.251 e. The average molecular weight is 292 g/mol. The van der Waals surface area contributed by atoms with Crippen LogP contribution in [0.25, 0.3) is 0 Å². The Morgan fingerprint density at radius 2 is 1.95 bits per heavy atom. The van der Waals surface area contributed by atoms with E-state index in [-0.39, 0.29) is 5.91 Å². The van der Waals surface area contributed by atoms with Crippen LogP contribution in [0.2, 0.25) is 5.02 Å². The van der Waals surface area contributed by atoms with Gasteiger partial charge in [0.1, 0.15) is 0 Å². The van der Waals surface area contributed by atoms with E-state index in [0.717, 1.165) is 4.90 Å². The molecule has 2 nitrogen and oxygen atoms in total. The van der Waals surface area contributed by atoms with Gasteiger partial charge in [-0.3, -0.25) is 4.79 Å². The van der Waals surface area contributed by atoms with E-state index in [9.17, 15) is 4.79 Å². The van der Waals surface area contributed by atoms with Crippen molar-refractivity contribution in [3.63, 3.8) is 0 Å². The van der Waals surface area contributed by atoms with Crippen LogP contribution in [-0.4, -0.2) is 11.8 Å². The Morgan fingerprint density at radius 1 is 1.21 bits per heavy atom. The molecule has 0 aliphatic carbocycles. The molecule has 0 saturated carbocycles. The van der Waals surface area contributed by atoms with Crippen molar-refractivity contribution in [1.82, 2.24) is 5.32 Å². The van der Waals surface area contributed by atoms with E-state index in [1.165, 1.54) is 5.56 Å². The Balaban J connectivity index is 1.86. The van der Waals surface area contributed by atoms with Gasteiger partial charge >= 0.3 is 0 Å². The fourth-order valence-corrected chi connectivity index (χ4v) is 2.53. The van der Waals surface area contributed by atoms with Crippen LogP contribution in [0.3, 0.4) is 0 Å². The van der Waals surface area contributed by atoms with Crippen LogP contribution in [0.5, 0.6) is 0 Å². The normalized spacial score (nSPS) is 10.2. The summed E-state index contributed by atoms with van der Waals surface area (Å²) < 4.78 is 0. The summed E-state index contributed by atoms with van der Waals surface area (Å²) in [5, 5.41) is 3.50. The molecule has 0 aromatic heterocycles. The molecule has 1 amide bonds. The van der Waals surface area contributed by atoms with Gasteiger partial charge in [0.2, 0.25) is 0 Å². The van der Waals surface area contributed by atoms with Crippen LogP contribution in [0.15, 0.2) is 53.4 Å². The number of hydrogen-bond donors (Lipinski definition) is 1. The quantitative estimate of drug-likeness (QED) is 0.678. The zero-order chi connectivity index (χ0) is 13.7. The molecule has 4 heteroatoms. The van der Waals surface area contributed by atoms with Crippen LogP contribution in [-0.2, 0) is 0 Å². The van der Waals surface area contributed by atoms with E-state index in [1.54, 1.807) is 36.0 Å². The molecular weight excluding hydrogens is 278 g/mol. The highest BCUT2D eigenvalue weighted by atomic mass is 35.5. The Bertz CT molecular complexity index is 569. The maximum Gasteiger partial charge on any atom is 0.251 e. The number of halogens is 1. The second-order valence-electron chi connectivity index (χ2n) is 4.12. The second-order valence-corrected chi connectivity index (χ2v) is 5.60. The summed E-state index contributed by atoms with van der Waals surface area (Å²) in [5.74, 6) is 0.460. The molecule has 2 rings (SSSR count).